The predicted octanol–water partition coefficient (Wildman–Crippen LogP) is 3.24. The van der Waals surface area contributed by atoms with E-state index in [0.29, 0.717) is 18.4 Å². The van der Waals surface area contributed by atoms with E-state index in [-0.39, 0.29) is 11.6 Å². The fraction of sp³-hybridized carbons (Fsp3) is 0.176. The highest BCUT2D eigenvalue weighted by Crippen LogP contribution is 2.09. The van der Waals surface area contributed by atoms with Crippen LogP contribution in [0.2, 0.25) is 0 Å². The van der Waals surface area contributed by atoms with Gasteiger partial charge in [0.2, 0.25) is 0 Å². The molecule has 0 aliphatic heterocycles. The SMILES string of the molecule is CC(=O)c1cccc(CC(=O)Cc2ccccc2)c1. The van der Waals surface area contributed by atoms with Gasteiger partial charge in [-0.15, -0.1) is 0 Å². The third-order valence-corrected chi connectivity index (χ3v) is 2.98. The number of hydrogen-bond donors (Lipinski definition) is 0. The average Bonchev–Trinajstić information content (AvgIpc) is 2.40. The normalized spacial score (nSPS) is 10.2. The van der Waals surface area contributed by atoms with Gasteiger partial charge in [-0.2, -0.15) is 0 Å². The van der Waals surface area contributed by atoms with Gasteiger partial charge < -0.3 is 0 Å². The second-order valence-corrected chi connectivity index (χ2v) is 4.63. The molecule has 19 heavy (non-hydrogen) atoms. The molecule has 0 bridgehead atoms. The van der Waals surface area contributed by atoms with Crippen molar-refractivity contribution in [2.24, 2.45) is 0 Å². The van der Waals surface area contributed by atoms with E-state index in [2.05, 4.69) is 0 Å². The van der Waals surface area contributed by atoms with Gasteiger partial charge in [0.05, 0.1) is 0 Å². The van der Waals surface area contributed by atoms with Crippen molar-refractivity contribution in [3.63, 3.8) is 0 Å². The van der Waals surface area contributed by atoms with Gasteiger partial charge in [-0.25, -0.2) is 0 Å². The fourth-order valence-electron chi connectivity index (χ4n) is 2.01. The second-order valence-electron chi connectivity index (χ2n) is 4.63. The fourth-order valence-corrected chi connectivity index (χ4v) is 2.01. The van der Waals surface area contributed by atoms with E-state index in [4.69, 9.17) is 0 Å². The summed E-state index contributed by atoms with van der Waals surface area (Å²) in [5, 5.41) is 0. The van der Waals surface area contributed by atoms with Crippen LogP contribution in [0.15, 0.2) is 54.6 Å². The average molecular weight is 252 g/mol. The zero-order valence-electron chi connectivity index (χ0n) is 10.9. The molecule has 0 saturated carbocycles. The highest BCUT2D eigenvalue weighted by molar-refractivity contribution is 5.94. The molecule has 0 aliphatic rings. The van der Waals surface area contributed by atoms with Crippen LogP contribution < -0.4 is 0 Å². The van der Waals surface area contributed by atoms with Crippen LogP contribution in [0.25, 0.3) is 0 Å². The van der Waals surface area contributed by atoms with Crippen LogP contribution in [0.4, 0.5) is 0 Å². The number of hydrogen-bond acceptors (Lipinski definition) is 2. The molecule has 0 amide bonds. The monoisotopic (exact) mass is 252 g/mol. The molecule has 2 nitrogen and oxygen atoms in total. The minimum atomic E-state index is 0.0253. The van der Waals surface area contributed by atoms with Gasteiger partial charge in [0.15, 0.2) is 5.78 Å². The maximum atomic E-state index is 12.0. The molecular formula is C17H16O2. The van der Waals surface area contributed by atoms with Crippen molar-refractivity contribution in [3.8, 4) is 0 Å². The molecule has 2 aromatic rings. The Morgan fingerprint density at radius 1 is 0.842 bits per heavy atom. The van der Waals surface area contributed by atoms with Crippen LogP contribution in [-0.2, 0) is 17.6 Å². The van der Waals surface area contributed by atoms with Crippen LogP contribution in [-0.4, -0.2) is 11.6 Å². The van der Waals surface area contributed by atoms with Gasteiger partial charge in [0.25, 0.3) is 0 Å². The molecule has 0 unspecified atom stereocenters. The zero-order chi connectivity index (χ0) is 13.7. The first kappa shape index (κ1) is 13.2. The number of carbonyl (C=O) groups is 2. The van der Waals surface area contributed by atoms with Crippen LogP contribution in [0.1, 0.15) is 28.4 Å². The summed E-state index contributed by atoms with van der Waals surface area (Å²) in [5.74, 6) is 0.185. The molecule has 96 valence electrons. The summed E-state index contributed by atoms with van der Waals surface area (Å²) >= 11 is 0. The Hall–Kier alpha value is -2.22. The summed E-state index contributed by atoms with van der Waals surface area (Å²) < 4.78 is 0. The molecule has 0 heterocycles. The van der Waals surface area contributed by atoms with Crippen molar-refractivity contribution in [2.45, 2.75) is 19.8 Å². The molecule has 0 atom stereocenters. The first-order valence-electron chi connectivity index (χ1n) is 6.30. The number of carbonyl (C=O) groups excluding carboxylic acids is 2. The summed E-state index contributed by atoms with van der Waals surface area (Å²) in [7, 11) is 0. The van der Waals surface area contributed by atoms with E-state index >= 15 is 0 Å². The zero-order valence-corrected chi connectivity index (χ0v) is 10.9. The van der Waals surface area contributed by atoms with Crippen LogP contribution in [0.5, 0.6) is 0 Å². The van der Waals surface area contributed by atoms with Crippen molar-refractivity contribution >= 4 is 11.6 Å². The van der Waals surface area contributed by atoms with E-state index in [9.17, 15) is 9.59 Å². The minimum absolute atomic E-state index is 0.0253. The second kappa shape index (κ2) is 6.10. The Balaban J connectivity index is 2.03. The van der Waals surface area contributed by atoms with E-state index in [1.165, 1.54) is 6.92 Å². The lowest BCUT2D eigenvalue weighted by atomic mass is 10.0. The van der Waals surface area contributed by atoms with Crippen molar-refractivity contribution in [2.75, 3.05) is 0 Å². The summed E-state index contributed by atoms with van der Waals surface area (Å²) in [4.78, 5) is 23.3. The molecule has 0 aliphatic carbocycles. The molecule has 0 saturated heterocycles. The molecule has 0 radical (unpaired) electrons. The largest absolute Gasteiger partial charge is 0.299 e. The standard InChI is InChI=1S/C17H16O2/c1-13(18)16-9-5-8-15(10-16)12-17(19)11-14-6-3-2-4-7-14/h2-10H,11-12H2,1H3. The Kier molecular flexibility index (Phi) is 4.24. The summed E-state index contributed by atoms with van der Waals surface area (Å²) in [5.41, 5.74) is 2.58. The maximum absolute atomic E-state index is 12.0. The molecule has 2 aromatic carbocycles. The number of ketones is 2. The van der Waals surface area contributed by atoms with Crippen molar-refractivity contribution in [1.82, 2.24) is 0 Å². The molecular weight excluding hydrogens is 236 g/mol. The lowest BCUT2D eigenvalue weighted by Gasteiger charge is -2.03. The number of rotatable bonds is 5. The highest BCUT2D eigenvalue weighted by atomic mass is 16.1. The van der Waals surface area contributed by atoms with Gasteiger partial charge in [-0.1, -0.05) is 48.5 Å². The Bertz CT molecular complexity index is 585. The third-order valence-electron chi connectivity index (χ3n) is 2.98. The molecule has 0 fully saturated rings. The van der Waals surface area contributed by atoms with Crippen molar-refractivity contribution < 1.29 is 9.59 Å². The first-order chi connectivity index (χ1) is 9.15. The van der Waals surface area contributed by atoms with Crippen LogP contribution in [0, 0.1) is 0 Å². The third kappa shape index (κ3) is 3.88. The van der Waals surface area contributed by atoms with E-state index < -0.39 is 0 Å². The smallest absolute Gasteiger partial charge is 0.159 e. The Morgan fingerprint density at radius 3 is 2.16 bits per heavy atom. The van der Waals surface area contributed by atoms with Crippen molar-refractivity contribution in [3.05, 3.63) is 71.3 Å². The topological polar surface area (TPSA) is 34.1 Å². The van der Waals surface area contributed by atoms with Gasteiger partial charge in [0, 0.05) is 18.4 Å². The summed E-state index contributed by atoms with van der Waals surface area (Å²) in [6.07, 6.45) is 0.807. The molecule has 2 rings (SSSR count). The quantitative estimate of drug-likeness (QED) is 0.765. The summed E-state index contributed by atoms with van der Waals surface area (Å²) in [6, 6.07) is 17.0. The number of Topliss-reactive ketones (excluding diaryl/α,β-unsaturated/α-hetero) is 2. The van der Waals surface area contributed by atoms with E-state index in [0.717, 1.165) is 11.1 Å². The summed E-state index contributed by atoms with van der Waals surface area (Å²) in [6.45, 7) is 1.53. The van der Waals surface area contributed by atoms with E-state index in [1.54, 1.807) is 12.1 Å². The maximum Gasteiger partial charge on any atom is 0.159 e. The van der Waals surface area contributed by atoms with Gasteiger partial charge in [-0.05, 0) is 24.1 Å². The minimum Gasteiger partial charge on any atom is -0.299 e. The first-order valence-corrected chi connectivity index (χ1v) is 6.30. The Labute approximate surface area is 113 Å². The van der Waals surface area contributed by atoms with Crippen LogP contribution in [0.3, 0.4) is 0 Å². The molecule has 2 heteroatoms. The van der Waals surface area contributed by atoms with Gasteiger partial charge in [0.1, 0.15) is 5.78 Å². The lowest BCUT2D eigenvalue weighted by molar-refractivity contribution is -0.117. The lowest BCUT2D eigenvalue weighted by Crippen LogP contribution is -2.07. The molecule has 0 N–H and O–H groups in total. The van der Waals surface area contributed by atoms with Gasteiger partial charge in [-0.3, -0.25) is 9.59 Å². The predicted molar refractivity (Wildman–Crippen MR) is 75.3 cm³/mol. The van der Waals surface area contributed by atoms with E-state index in [1.807, 2.05) is 42.5 Å². The van der Waals surface area contributed by atoms with Gasteiger partial charge >= 0.3 is 0 Å². The Morgan fingerprint density at radius 2 is 1.47 bits per heavy atom. The van der Waals surface area contributed by atoms with Crippen LogP contribution >= 0.6 is 0 Å². The molecule has 0 spiro atoms. The highest BCUT2D eigenvalue weighted by Gasteiger charge is 2.07. The van der Waals surface area contributed by atoms with Crippen molar-refractivity contribution in [1.29, 1.82) is 0 Å². The number of benzene rings is 2. The molecule has 0 aromatic heterocycles.